The zero-order valence-corrected chi connectivity index (χ0v) is 6.96. The van der Waals surface area contributed by atoms with Crippen LogP contribution in [0.5, 0.6) is 5.75 Å². The number of hydrogen-bond donors (Lipinski definition) is 1. The number of rotatable bonds is 3. The molecule has 0 aliphatic carbocycles. The normalized spacial score (nSPS) is 12.5. The van der Waals surface area contributed by atoms with Gasteiger partial charge in [0, 0.05) is 0 Å². The van der Waals surface area contributed by atoms with Crippen molar-refractivity contribution in [2.75, 3.05) is 12.3 Å². The molecule has 0 spiro atoms. The summed E-state index contributed by atoms with van der Waals surface area (Å²) in [6.07, 6.45) is -0.968. The first-order valence-electron chi connectivity index (χ1n) is 3.81. The van der Waals surface area contributed by atoms with Crippen molar-refractivity contribution in [3.63, 3.8) is 0 Å². The van der Waals surface area contributed by atoms with Crippen LogP contribution >= 0.6 is 0 Å². The highest BCUT2D eigenvalue weighted by molar-refractivity contribution is 5.51. The lowest BCUT2D eigenvalue weighted by Gasteiger charge is -2.08. The van der Waals surface area contributed by atoms with E-state index in [-0.39, 0.29) is 6.61 Å². The average Bonchev–Trinajstić information content (AvgIpc) is 2.03. The minimum Gasteiger partial charge on any atom is -0.488 e. The van der Waals surface area contributed by atoms with Gasteiger partial charge in [0.2, 0.25) is 0 Å². The molecule has 1 aromatic rings. The number of nitrogens with two attached hydrogens (primary N) is 1. The van der Waals surface area contributed by atoms with Crippen molar-refractivity contribution in [3.8, 4) is 5.75 Å². The maximum absolute atomic E-state index is 12.4. The van der Waals surface area contributed by atoms with Gasteiger partial charge in [-0.2, -0.15) is 0 Å². The smallest absolute Gasteiger partial charge is 0.142 e. The second-order valence-corrected chi connectivity index (χ2v) is 2.63. The summed E-state index contributed by atoms with van der Waals surface area (Å²) in [5, 5.41) is 0. The number of nitrogen functional groups attached to an aromatic ring is 1. The third-order valence-corrected chi connectivity index (χ3v) is 1.39. The van der Waals surface area contributed by atoms with Gasteiger partial charge in [0.05, 0.1) is 5.69 Å². The molecule has 0 radical (unpaired) electrons. The molecule has 0 amide bonds. The van der Waals surface area contributed by atoms with E-state index in [1.807, 2.05) is 0 Å². The zero-order chi connectivity index (χ0) is 8.97. The van der Waals surface area contributed by atoms with Gasteiger partial charge in [0.1, 0.15) is 18.5 Å². The lowest BCUT2D eigenvalue weighted by Crippen LogP contribution is -2.09. The quantitative estimate of drug-likeness (QED) is 0.702. The number of ether oxygens (including phenoxy) is 1. The van der Waals surface area contributed by atoms with E-state index in [1.165, 1.54) is 6.92 Å². The van der Waals surface area contributed by atoms with E-state index in [4.69, 9.17) is 10.5 Å². The molecule has 2 nitrogen and oxygen atoms in total. The summed E-state index contributed by atoms with van der Waals surface area (Å²) in [6, 6.07) is 7.05. The SMILES string of the molecule is CC(F)COc1ccccc1N. The van der Waals surface area contributed by atoms with Crippen LogP contribution in [0.3, 0.4) is 0 Å². The van der Waals surface area contributed by atoms with Crippen LogP contribution in [0, 0.1) is 0 Å². The van der Waals surface area contributed by atoms with Crippen molar-refractivity contribution in [1.29, 1.82) is 0 Å². The Hall–Kier alpha value is -1.25. The molecule has 3 heteroatoms. The fourth-order valence-corrected chi connectivity index (χ4v) is 0.817. The molecule has 1 rings (SSSR count). The Morgan fingerprint density at radius 2 is 2.17 bits per heavy atom. The predicted octanol–water partition coefficient (Wildman–Crippen LogP) is 2.01. The Kier molecular flexibility index (Phi) is 2.91. The highest BCUT2D eigenvalue weighted by Gasteiger charge is 2.01. The van der Waals surface area contributed by atoms with E-state index in [0.29, 0.717) is 11.4 Å². The lowest BCUT2D eigenvalue weighted by atomic mass is 10.3. The second kappa shape index (κ2) is 3.95. The molecule has 0 aromatic heterocycles. The van der Waals surface area contributed by atoms with Crippen LogP contribution in [0.25, 0.3) is 0 Å². The van der Waals surface area contributed by atoms with Crippen molar-refractivity contribution in [2.24, 2.45) is 0 Å². The summed E-state index contributed by atoms with van der Waals surface area (Å²) < 4.78 is 17.5. The lowest BCUT2D eigenvalue weighted by molar-refractivity contribution is 0.210. The number of para-hydroxylation sites is 2. The maximum Gasteiger partial charge on any atom is 0.142 e. The van der Waals surface area contributed by atoms with Crippen molar-refractivity contribution in [2.45, 2.75) is 13.1 Å². The number of hydrogen-bond acceptors (Lipinski definition) is 2. The first kappa shape index (κ1) is 8.84. The van der Waals surface area contributed by atoms with Gasteiger partial charge in [-0.3, -0.25) is 0 Å². The maximum atomic E-state index is 12.4. The van der Waals surface area contributed by atoms with E-state index in [9.17, 15) is 4.39 Å². The van der Waals surface area contributed by atoms with Crippen LogP contribution in [0.1, 0.15) is 6.92 Å². The molecule has 1 atom stereocenters. The van der Waals surface area contributed by atoms with Gasteiger partial charge in [-0.05, 0) is 19.1 Å². The minimum absolute atomic E-state index is 0.0498. The molecular formula is C9H12FNO. The molecule has 0 bridgehead atoms. The molecule has 0 saturated carbocycles. The van der Waals surface area contributed by atoms with E-state index in [0.717, 1.165) is 0 Å². The predicted molar refractivity (Wildman–Crippen MR) is 46.9 cm³/mol. The van der Waals surface area contributed by atoms with E-state index in [2.05, 4.69) is 0 Å². The third-order valence-electron chi connectivity index (χ3n) is 1.39. The summed E-state index contributed by atoms with van der Waals surface area (Å²) in [4.78, 5) is 0. The van der Waals surface area contributed by atoms with Gasteiger partial charge >= 0.3 is 0 Å². The summed E-state index contributed by atoms with van der Waals surface area (Å²) in [5.41, 5.74) is 6.10. The summed E-state index contributed by atoms with van der Waals surface area (Å²) in [7, 11) is 0. The molecular weight excluding hydrogens is 157 g/mol. The van der Waals surface area contributed by atoms with Crippen molar-refractivity contribution >= 4 is 5.69 Å². The molecule has 0 aliphatic rings. The molecule has 12 heavy (non-hydrogen) atoms. The zero-order valence-electron chi connectivity index (χ0n) is 6.96. The van der Waals surface area contributed by atoms with Gasteiger partial charge in [-0.15, -0.1) is 0 Å². The summed E-state index contributed by atoms with van der Waals surface area (Å²) >= 11 is 0. The Bertz CT molecular complexity index is 250. The van der Waals surface area contributed by atoms with Gasteiger partial charge in [-0.1, -0.05) is 12.1 Å². The van der Waals surface area contributed by atoms with E-state index < -0.39 is 6.17 Å². The van der Waals surface area contributed by atoms with Crippen LogP contribution in [-0.4, -0.2) is 12.8 Å². The van der Waals surface area contributed by atoms with Crippen LogP contribution in [-0.2, 0) is 0 Å². The number of alkyl halides is 1. The second-order valence-electron chi connectivity index (χ2n) is 2.63. The Morgan fingerprint density at radius 1 is 1.50 bits per heavy atom. The van der Waals surface area contributed by atoms with Gasteiger partial charge in [0.25, 0.3) is 0 Å². The number of benzene rings is 1. The molecule has 1 aromatic carbocycles. The fourth-order valence-electron chi connectivity index (χ4n) is 0.817. The monoisotopic (exact) mass is 169 g/mol. The largest absolute Gasteiger partial charge is 0.488 e. The molecule has 66 valence electrons. The first-order valence-corrected chi connectivity index (χ1v) is 3.81. The van der Waals surface area contributed by atoms with Crippen molar-refractivity contribution in [3.05, 3.63) is 24.3 Å². The van der Waals surface area contributed by atoms with Gasteiger partial charge in [-0.25, -0.2) is 4.39 Å². The van der Waals surface area contributed by atoms with Crippen LogP contribution in [0.2, 0.25) is 0 Å². The highest BCUT2D eigenvalue weighted by atomic mass is 19.1. The Balaban J connectivity index is 2.57. The standard InChI is InChI=1S/C9H12FNO/c1-7(10)6-12-9-5-3-2-4-8(9)11/h2-5,7H,6,11H2,1H3. The Labute approximate surface area is 71.1 Å². The summed E-state index contributed by atoms with van der Waals surface area (Å²) in [6.45, 7) is 1.49. The molecule has 2 N–H and O–H groups in total. The molecule has 0 heterocycles. The molecule has 1 unspecified atom stereocenters. The molecule has 0 saturated heterocycles. The summed E-state index contributed by atoms with van der Waals surface area (Å²) in [5.74, 6) is 0.544. The van der Waals surface area contributed by atoms with Crippen LogP contribution < -0.4 is 10.5 Å². The topological polar surface area (TPSA) is 35.2 Å². The van der Waals surface area contributed by atoms with E-state index >= 15 is 0 Å². The fraction of sp³-hybridized carbons (Fsp3) is 0.333. The van der Waals surface area contributed by atoms with Crippen molar-refractivity contribution < 1.29 is 9.13 Å². The number of anilines is 1. The van der Waals surface area contributed by atoms with Crippen LogP contribution in [0.15, 0.2) is 24.3 Å². The Morgan fingerprint density at radius 3 is 2.75 bits per heavy atom. The molecule has 0 aliphatic heterocycles. The molecule has 0 fully saturated rings. The van der Waals surface area contributed by atoms with Gasteiger partial charge < -0.3 is 10.5 Å². The first-order chi connectivity index (χ1) is 5.70. The minimum atomic E-state index is -0.968. The van der Waals surface area contributed by atoms with Crippen molar-refractivity contribution in [1.82, 2.24) is 0 Å². The van der Waals surface area contributed by atoms with E-state index in [1.54, 1.807) is 24.3 Å². The van der Waals surface area contributed by atoms with Gasteiger partial charge in [0.15, 0.2) is 0 Å². The highest BCUT2D eigenvalue weighted by Crippen LogP contribution is 2.19. The third kappa shape index (κ3) is 2.42. The van der Waals surface area contributed by atoms with Crippen LogP contribution in [0.4, 0.5) is 10.1 Å². The average molecular weight is 169 g/mol. The number of halogens is 1.